The number of carbonyl (C=O) groups excluding carboxylic acids is 2. The SMILES string of the molecule is O=CNCC(=O)CCC(=O)O. The average molecular weight is 159 g/mol. The highest BCUT2D eigenvalue weighted by Gasteiger charge is 2.03. The zero-order valence-electron chi connectivity index (χ0n) is 5.87. The van der Waals surface area contributed by atoms with Gasteiger partial charge in [-0.25, -0.2) is 0 Å². The summed E-state index contributed by atoms with van der Waals surface area (Å²) in [5, 5.41) is 10.3. The van der Waals surface area contributed by atoms with Crippen LogP contribution in [0.4, 0.5) is 0 Å². The maximum absolute atomic E-state index is 10.6. The molecule has 1 amide bonds. The van der Waals surface area contributed by atoms with Gasteiger partial charge in [0, 0.05) is 6.42 Å². The topological polar surface area (TPSA) is 83.5 Å². The van der Waals surface area contributed by atoms with E-state index in [1.54, 1.807) is 0 Å². The van der Waals surface area contributed by atoms with E-state index in [0.717, 1.165) is 0 Å². The Morgan fingerprint density at radius 2 is 2.00 bits per heavy atom. The maximum Gasteiger partial charge on any atom is 0.303 e. The molecule has 0 aliphatic heterocycles. The highest BCUT2D eigenvalue weighted by atomic mass is 16.4. The van der Waals surface area contributed by atoms with Crippen LogP contribution in [0.2, 0.25) is 0 Å². The first-order valence-electron chi connectivity index (χ1n) is 3.07. The van der Waals surface area contributed by atoms with Crippen molar-refractivity contribution in [3.8, 4) is 0 Å². The second-order valence-electron chi connectivity index (χ2n) is 1.93. The molecule has 0 saturated heterocycles. The molecule has 0 fully saturated rings. The summed E-state index contributed by atoms with van der Waals surface area (Å²) in [7, 11) is 0. The van der Waals surface area contributed by atoms with Crippen LogP contribution in [0.25, 0.3) is 0 Å². The van der Waals surface area contributed by atoms with Crippen molar-refractivity contribution in [2.75, 3.05) is 6.54 Å². The van der Waals surface area contributed by atoms with Crippen LogP contribution >= 0.6 is 0 Å². The number of rotatable bonds is 6. The molecule has 5 heteroatoms. The lowest BCUT2D eigenvalue weighted by Crippen LogP contribution is -2.21. The van der Waals surface area contributed by atoms with Crippen LogP contribution in [0.15, 0.2) is 0 Å². The van der Waals surface area contributed by atoms with Crippen molar-refractivity contribution in [2.24, 2.45) is 0 Å². The summed E-state index contributed by atoms with van der Waals surface area (Å²) in [6.07, 6.45) is 0.189. The molecule has 0 atom stereocenters. The van der Waals surface area contributed by atoms with Crippen LogP contribution in [0, 0.1) is 0 Å². The molecule has 0 rings (SSSR count). The summed E-state index contributed by atoms with van der Waals surface area (Å²) < 4.78 is 0. The highest BCUT2D eigenvalue weighted by molar-refractivity contribution is 5.85. The molecular formula is C6H9NO4. The van der Waals surface area contributed by atoms with E-state index in [9.17, 15) is 14.4 Å². The van der Waals surface area contributed by atoms with Gasteiger partial charge in [-0.1, -0.05) is 0 Å². The molecule has 5 nitrogen and oxygen atoms in total. The molecule has 0 aliphatic rings. The van der Waals surface area contributed by atoms with E-state index in [-0.39, 0.29) is 25.2 Å². The monoisotopic (exact) mass is 159 g/mol. The summed E-state index contributed by atoms with van der Waals surface area (Å²) >= 11 is 0. The average Bonchev–Trinajstić information content (AvgIpc) is 1.97. The lowest BCUT2D eigenvalue weighted by atomic mass is 10.2. The van der Waals surface area contributed by atoms with E-state index in [0.29, 0.717) is 6.41 Å². The molecule has 0 heterocycles. The van der Waals surface area contributed by atoms with Gasteiger partial charge in [-0.3, -0.25) is 14.4 Å². The van der Waals surface area contributed by atoms with Crippen molar-refractivity contribution >= 4 is 18.2 Å². The molecule has 0 aromatic carbocycles. The molecule has 0 spiro atoms. The molecule has 0 aromatic heterocycles. The van der Waals surface area contributed by atoms with Gasteiger partial charge in [-0.15, -0.1) is 0 Å². The zero-order chi connectivity index (χ0) is 8.69. The number of carboxylic acids is 1. The van der Waals surface area contributed by atoms with Crippen LogP contribution in [0.3, 0.4) is 0 Å². The largest absolute Gasteiger partial charge is 0.481 e. The molecule has 0 saturated carbocycles. The highest BCUT2D eigenvalue weighted by Crippen LogP contribution is 1.88. The van der Waals surface area contributed by atoms with E-state index >= 15 is 0 Å². The standard InChI is InChI=1S/C6H9NO4/c8-4-7-3-5(9)1-2-6(10)11/h4H,1-3H2,(H,7,8)(H,10,11). The first kappa shape index (κ1) is 9.61. The summed E-state index contributed by atoms with van der Waals surface area (Å²) in [4.78, 5) is 30.2. The van der Waals surface area contributed by atoms with Crippen molar-refractivity contribution in [1.29, 1.82) is 0 Å². The lowest BCUT2D eigenvalue weighted by Gasteiger charge is -1.95. The fraction of sp³-hybridized carbons (Fsp3) is 0.500. The number of hydrogen-bond donors (Lipinski definition) is 2. The minimum atomic E-state index is -1.01. The van der Waals surface area contributed by atoms with Crippen LogP contribution in [0.1, 0.15) is 12.8 Å². The van der Waals surface area contributed by atoms with Crippen LogP contribution in [0.5, 0.6) is 0 Å². The van der Waals surface area contributed by atoms with Gasteiger partial charge in [0.05, 0.1) is 13.0 Å². The van der Waals surface area contributed by atoms with Gasteiger partial charge in [0.1, 0.15) is 0 Å². The van der Waals surface area contributed by atoms with Crippen molar-refractivity contribution < 1.29 is 19.5 Å². The third-order valence-corrected chi connectivity index (χ3v) is 1.00. The van der Waals surface area contributed by atoms with Crippen molar-refractivity contribution in [3.63, 3.8) is 0 Å². The first-order chi connectivity index (χ1) is 5.16. The fourth-order valence-electron chi connectivity index (χ4n) is 0.490. The number of hydrogen-bond acceptors (Lipinski definition) is 3. The summed E-state index contributed by atoms with van der Waals surface area (Å²) in [6, 6.07) is 0. The number of amides is 1. The third kappa shape index (κ3) is 6.50. The number of aliphatic carboxylic acids is 1. The predicted octanol–water partition coefficient (Wildman–Crippen LogP) is -0.834. The van der Waals surface area contributed by atoms with Crippen molar-refractivity contribution in [2.45, 2.75) is 12.8 Å². The Balaban J connectivity index is 3.37. The van der Waals surface area contributed by atoms with Gasteiger partial charge >= 0.3 is 5.97 Å². The maximum atomic E-state index is 10.6. The Morgan fingerprint density at radius 1 is 1.36 bits per heavy atom. The molecule has 2 N–H and O–H groups in total. The minimum absolute atomic E-state index is 0.0316. The Labute approximate surface area is 63.4 Å². The molecule has 0 radical (unpaired) electrons. The van der Waals surface area contributed by atoms with Gasteiger partial charge in [0.15, 0.2) is 5.78 Å². The Morgan fingerprint density at radius 3 is 2.45 bits per heavy atom. The van der Waals surface area contributed by atoms with Crippen molar-refractivity contribution in [3.05, 3.63) is 0 Å². The molecule has 0 aromatic rings. The smallest absolute Gasteiger partial charge is 0.303 e. The number of Topliss-reactive ketones (excluding diaryl/α,β-unsaturated/α-hetero) is 1. The number of carboxylic acid groups (broad SMARTS) is 1. The number of nitrogens with one attached hydrogen (secondary N) is 1. The molecule has 0 bridgehead atoms. The molecular weight excluding hydrogens is 150 g/mol. The fourth-order valence-corrected chi connectivity index (χ4v) is 0.490. The zero-order valence-corrected chi connectivity index (χ0v) is 5.87. The van der Waals surface area contributed by atoms with E-state index in [2.05, 4.69) is 5.32 Å². The molecule has 11 heavy (non-hydrogen) atoms. The number of carbonyl (C=O) groups is 3. The summed E-state index contributed by atoms with van der Waals surface area (Å²) in [6.45, 7) is -0.0865. The molecule has 0 unspecified atom stereocenters. The van der Waals surface area contributed by atoms with E-state index in [1.165, 1.54) is 0 Å². The second-order valence-corrected chi connectivity index (χ2v) is 1.93. The van der Waals surface area contributed by atoms with Crippen LogP contribution in [-0.4, -0.2) is 29.8 Å². The van der Waals surface area contributed by atoms with E-state index in [1.807, 2.05) is 0 Å². The quantitative estimate of drug-likeness (QED) is 0.495. The Bertz CT molecular complexity index is 166. The lowest BCUT2D eigenvalue weighted by molar-refractivity contribution is -0.138. The van der Waals surface area contributed by atoms with Gasteiger partial charge in [-0.05, 0) is 0 Å². The van der Waals surface area contributed by atoms with Crippen LogP contribution < -0.4 is 5.32 Å². The van der Waals surface area contributed by atoms with E-state index < -0.39 is 5.97 Å². The first-order valence-corrected chi connectivity index (χ1v) is 3.07. The minimum Gasteiger partial charge on any atom is -0.481 e. The normalized spacial score (nSPS) is 8.73. The second kappa shape index (κ2) is 5.40. The summed E-state index contributed by atoms with van der Waals surface area (Å²) in [5.74, 6) is -1.29. The Kier molecular flexibility index (Phi) is 4.72. The van der Waals surface area contributed by atoms with Gasteiger partial charge in [-0.2, -0.15) is 0 Å². The molecule has 0 aliphatic carbocycles. The van der Waals surface area contributed by atoms with Gasteiger partial charge in [0.25, 0.3) is 0 Å². The van der Waals surface area contributed by atoms with Gasteiger partial charge in [0.2, 0.25) is 6.41 Å². The molecule has 62 valence electrons. The predicted molar refractivity (Wildman–Crippen MR) is 35.9 cm³/mol. The van der Waals surface area contributed by atoms with Gasteiger partial charge < -0.3 is 10.4 Å². The van der Waals surface area contributed by atoms with E-state index in [4.69, 9.17) is 5.11 Å². The summed E-state index contributed by atoms with van der Waals surface area (Å²) in [5.41, 5.74) is 0. The van der Waals surface area contributed by atoms with Crippen LogP contribution in [-0.2, 0) is 14.4 Å². The Hall–Kier alpha value is -1.39. The number of ketones is 1. The van der Waals surface area contributed by atoms with Crippen molar-refractivity contribution in [1.82, 2.24) is 5.32 Å². The third-order valence-electron chi connectivity index (χ3n) is 1.00.